The zero-order valence-electron chi connectivity index (χ0n) is 16.1. The number of nitrogens with one attached hydrogen (secondary N) is 2. The second kappa shape index (κ2) is 10.8. The van der Waals surface area contributed by atoms with E-state index in [0.717, 1.165) is 22.5 Å². The first-order chi connectivity index (χ1) is 14.2. The molecule has 0 aliphatic rings. The molecule has 3 aromatic rings. The Morgan fingerprint density at radius 3 is 2.38 bits per heavy atom. The van der Waals surface area contributed by atoms with Gasteiger partial charge in [0.15, 0.2) is 0 Å². The Kier molecular flexibility index (Phi) is 7.60. The number of amides is 2. The van der Waals surface area contributed by atoms with Crippen molar-refractivity contribution in [2.45, 2.75) is 26.2 Å². The average molecular weight is 392 g/mol. The lowest BCUT2D eigenvalue weighted by Gasteiger charge is -2.09. The third-order valence-corrected chi connectivity index (χ3v) is 4.23. The summed E-state index contributed by atoms with van der Waals surface area (Å²) in [5, 5.41) is 5.45. The highest BCUT2D eigenvalue weighted by molar-refractivity contribution is 5.85. The van der Waals surface area contributed by atoms with Crippen molar-refractivity contribution in [2.75, 3.05) is 6.54 Å². The first-order valence-electron chi connectivity index (χ1n) is 9.44. The maximum absolute atomic E-state index is 12.0. The van der Waals surface area contributed by atoms with Crippen LogP contribution in [0, 0.1) is 0 Å². The first-order valence-corrected chi connectivity index (χ1v) is 9.44. The summed E-state index contributed by atoms with van der Waals surface area (Å²) in [6.45, 7) is 1.21. The number of carbonyl (C=O) groups excluding carboxylic acids is 2. The maximum Gasteiger partial charge on any atom is 0.239 e. The van der Waals surface area contributed by atoms with Crippen LogP contribution < -0.4 is 10.6 Å². The summed E-state index contributed by atoms with van der Waals surface area (Å²) < 4.78 is 10.9. The van der Waals surface area contributed by atoms with Gasteiger partial charge in [0, 0.05) is 6.54 Å². The zero-order chi connectivity index (χ0) is 20.3. The standard InChI is InChI=1S/C23H24N2O4/c26-22(13-18-6-2-1-3-7-18)25-15-23(27)24-14-19-8-4-9-20(12-19)16-28-17-21-10-5-11-29-21/h1-12H,13-17H2,(H,24,27)(H,25,26). The van der Waals surface area contributed by atoms with Crippen molar-refractivity contribution < 1.29 is 18.7 Å². The van der Waals surface area contributed by atoms with E-state index in [0.29, 0.717) is 19.8 Å². The highest BCUT2D eigenvalue weighted by Gasteiger charge is 2.07. The van der Waals surface area contributed by atoms with E-state index in [1.807, 2.05) is 66.7 Å². The Labute approximate surface area is 169 Å². The van der Waals surface area contributed by atoms with Crippen molar-refractivity contribution in [1.29, 1.82) is 0 Å². The smallest absolute Gasteiger partial charge is 0.239 e. The Bertz CT molecular complexity index is 908. The van der Waals surface area contributed by atoms with Crippen LogP contribution in [0.5, 0.6) is 0 Å². The van der Waals surface area contributed by atoms with E-state index < -0.39 is 0 Å². The van der Waals surface area contributed by atoms with Crippen molar-refractivity contribution in [1.82, 2.24) is 10.6 Å². The number of hydrogen-bond acceptors (Lipinski definition) is 4. The average Bonchev–Trinajstić information content (AvgIpc) is 3.25. The molecule has 150 valence electrons. The Hall–Kier alpha value is -3.38. The molecule has 0 aliphatic heterocycles. The Morgan fingerprint density at radius 2 is 1.59 bits per heavy atom. The third kappa shape index (κ3) is 7.27. The molecule has 0 saturated heterocycles. The molecule has 29 heavy (non-hydrogen) atoms. The summed E-state index contributed by atoms with van der Waals surface area (Å²) in [7, 11) is 0. The van der Waals surface area contributed by atoms with E-state index in [4.69, 9.17) is 9.15 Å². The summed E-state index contributed by atoms with van der Waals surface area (Å²) in [5.41, 5.74) is 2.89. The first kappa shape index (κ1) is 20.4. The van der Waals surface area contributed by atoms with Gasteiger partial charge in [0.2, 0.25) is 11.8 Å². The molecule has 6 nitrogen and oxygen atoms in total. The molecule has 1 aromatic heterocycles. The number of rotatable bonds is 10. The van der Waals surface area contributed by atoms with Gasteiger partial charge >= 0.3 is 0 Å². The van der Waals surface area contributed by atoms with Crippen molar-refractivity contribution in [2.24, 2.45) is 0 Å². The normalized spacial score (nSPS) is 10.5. The van der Waals surface area contributed by atoms with Crippen molar-refractivity contribution in [3.8, 4) is 0 Å². The number of ether oxygens (including phenoxy) is 1. The van der Waals surface area contributed by atoms with Crippen molar-refractivity contribution >= 4 is 11.8 Å². The van der Waals surface area contributed by atoms with E-state index in [9.17, 15) is 9.59 Å². The van der Waals surface area contributed by atoms with Crippen molar-refractivity contribution in [3.05, 3.63) is 95.4 Å². The number of furan rings is 1. The van der Waals surface area contributed by atoms with Crippen LogP contribution in [-0.2, 0) is 40.5 Å². The van der Waals surface area contributed by atoms with Gasteiger partial charge in [0.05, 0.1) is 25.8 Å². The summed E-state index contributed by atoms with van der Waals surface area (Å²) in [4.78, 5) is 23.9. The van der Waals surface area contributed by atoms with Gasteiger partial charge in [0.1, 0.15) is 12.4 Å². The van der Waals surface area contributed by atoms with Gasteiger partial charge in [-0.1, -0.05) is 54.6 Å². The summed E-state index contributed by atoms with van der Waals surface area (Å²) in [6, 6.07) is 20.9. The lowest BCUT2D eigenvalue weighted by Crippen LogP contribution is -2.37. The van der Waals surface area contributed by atoms with E-state index in [2.05, 4.69) is 10.6 Å². The molecule has 6 heteroatoms. The third-order valence-electron chi connectivity index (χ3n) is 4.23. The second-order valence-corrected chi connectivity index (χ2v) is 6.61. The summed E-state index contributed by atoms with van der Waals surface area (Å²) in [5.74, 6) is 0.371. The molecule has 0 saturated carbocycles. The van der Waals surface area contributed by atoms with Gasteiger partial charge in [-0.25, -0.2) is 0 Å². The summed E-state index contributed by atoms with van der Waals surface area (Å²) in [6.07, 6.45) is 1.88. The number of benzene rings is 2. The van der Waals surface area contributed by atoms with Crippen LogP contribution >= 0.6 is 0 Å². The molecule has 0 spiro atoms. The highest BCUT2D eigenvalue weighted by atomic mass is 16.5. The Balaban J connectivity index is 1.36. The highest BCUT2D eigenvalue weighted by Crippen LogP contribution is 2.09. The number of hydrogen-bond donors (Lipinski definition) is 2. The van der Waals surface area contributed by atoms with Crippen LogP contribution in [0.4, 0.5) is 0 Å². The lowest BCUT2D eigenvalue weighted by atomic mass is 10.1. The van der Waals surface area contributed by atoms with Gasteiger partial charge in [-0.15, -0.1) is 0 Å². The second-order valence-electron chi connectivity index (χ2n) is 6.61. The van der Waals surface area contributed by atoms with E-state index in [1.54, 1.807) is 6.26 Å². The molecule has 0 aliphatic carbocycles. The zero-order valence-corrected chi connectivity index (χ0v) is 16.1. The maximum atomic E-state index is 12.0. The minimum Gasteiger partial charge on any atom is -0.467 e. The van der Waals surface area contributed by atoms with Crippen LogP contribution in [0.15, 0.2) is 77.4 Å². The summed E-state index contributed by atoms with van der Waals surface area (Å²) >= 11 is 0. The van der Waals surface area contributed by atoms with Gasteiger partial charge in [-0.2, -0.15) is 0 Å². The minimum atomic E-state index is -0.231. The minimum absolute atomic E-state index is 0.0440. The molecule has 0 atom stereocenters. The monoisotopic (exact) mass is 392 g/mol. The van der Waals surface area contributed by atoms with Crippen molar-refractivity contribution in [3.63, 3.8) is 0 Å². The fourth-order valence-corrected chi connectivity index (χ4v) is 2.78. The van der Waals surface area contributed by atoms with E-state index >= 15 is 0 Å². The van der Waals surface area contributed by atoms with E-state index in [-0.39, 0.29) is 24.8 Å². The van der Waals surface area contributed by atoms with Crippen LogP contribution in [0.2, 0.25) is 0 Å². The van der Waals surface area contributed by atoms with Gasteiger partial charge < -0.3 is 19.8 Å². The molecule has 2 amide bonds. The molecule has 0 fully saturated rings. The predicted octanol–water partition coefficient (Wildman–Crippen LogP) is 2.97. The molecule has 1 heterocycles. The molecule has 0 unspecified atom stereocenters. The van der Waals surface area contributed by atoms with Gasteiger partial charge in [-0.3, -0.25) is 9.59 Å². The predicted molar refractivity (Wildman–Crippen MR) is 109 cm³/mol. The van der Waals surface area contributed by atoms with Crippen LogP contribution in [0.3, 0.4) is 0 Å². The molecular formula is C23H24N2O4. The molecule has 0 bridgehead atoms. The fraction of sp³-hybridized carbons (Fsp3) is 0.217. The molecule has 2 N–H and O–H groups in total. The lowest BCUT2D eigenvalue weighted by molar-refractivity contribution is -0.125. The van der Waals surface area contributed by atoms with Gasteiger partial charge in [-0.05, 0) is 28.8 Å². The molecular weight excluding hydrogens is 368 g/mol. The molecule has 3 rings (SSSR count). The number of carbonyl (C=O) groups is 2. The van der Waals surface area contributed by atoms with Crippen LogP contribution in [0.25, 0.3) is 0 Å². The van der Waals surface area contributed by atoms with E-state index in [1.165, 1.54) is 0 Å². The van der Waals surface area contributed by atoms with Gasteiger partial charge in [0.25, 0.3) is 0 Å². The topological polar surface area (TPSA) is 80.6 Å². The largest absolute Gasteiger partial charge is 0.467 e. The molecule has 2 aromatic carbocycles. The molecule has 0 radical (unpaired) electrons. The van der Waals surface area contributed by atoms with Crippen LogP contribution in [-0.4, -0.2) is 18.4 Å². The SMILES string of the molecule is O=C(CNC(=O)Cc1ccccc1)NCc1cccc(COCc2ccco2)c1. The van der Waals surface area contributed by atoms with Crippen LogP contribution in [0.1, 0.15) is 22.5 Å². The quantitative estimate of drug-likeness (QED) is 0.556. The fourth-order valence-electron chi connectivity index (χ4n) is 2.78. The Morgan fingerprint density at radius 1 is 0.793 bits per heavy atom.